The van der Waals surface area contributed by atoms with E-state index in [-0.39, 0.29) is 18.3 Å². The maximum Gasteiger partial charge on any atom is 0.509 e. The van der Waals surface area contributed by atoms with Crippen LogP contribution in [0.5, 0.6) is 0 Å². The van der Waals surface area contributed by atoms with Crippen LogP contribution in [-0.2, 0) is 18.9 Å². The van der Waals surface area contributed by atoms with Crippen molar-refractivity contribution in [3.05, 3.63) is 0 Å². The Morgan fingerprint density at radius 3 is 2.79 bits per heavy atom. The number of carbonyl (C=O) groups excluding carboxylic acids is 1. The summed E-state index contributed by atoms with van der Waals surface area (Å²) >= 11 is 0. The second kappa shape index (κ2) is 3.10. The van der Waals surface area contributed by atoms with Crippen LogP contribution in [-0.4, -0.2) is 43.8 Å². The highest BCUT2D eigenvalue weighted by Gasteiger charge is 2.53. The van der Waals surface area contributed by atoms with Gasteiger partial charge in [-0.1, -0.05) is 0 Å². The zero-order valence-electron chi connectivity index (χ0n) is 8.48. The summed E-state index contributed by atoms with van der Waals surface area (Å²) in [5, 5.41) is 0. The van der Waals surface area contributed by atoms with Crippen molar-refractivity contribution in [2.24, 2.45) is 0 Å². The van der Waals surface area contributed by atoms with E-state index in [1.807, 2.05) is 13.8 Å². The molecule has 0 unspecified atom stereocenters. The molecule has 2 heterocycles. The first-order valence-electron chi connectivity index (χ1n) is 4.58. The second-order valence-electron chi connectivity index (χ2n) is 4.06. The molecule has 3 atom stereocenters. The van der Waals surface area contributed by atoms with Gasteiger partial charge in [0.1, 0.15) is 6.10 Å². The van der Waals surface area contributed by atoms with Crippen molar-refractivity contribution in [2.45, 2.75) is 37.8 Å². The quantitative estimate of drug-likeness (QED) is 0.586. The van der Waals surface area contributed by atoms with Crippen molar-refractivity contribution in [1.82, 2.24) is 0 Å². The van der Waals surface area contributed by atoms with Gasteiger partial charge in [0.05, 0.1) is 12.2 Å². The van der Waals surface area contributed by atoms with Crippen molar-refractivity contribution in [2.75, 3.05) is 13.7 Å². The monoisotopic (exact) mass is 202 g/mol. The molecule has 5 heteroatoms. The maximum atomic E-state index is 10.9. The van der Waals surface area contributed by atoms with E-state index < -0.39 is 11.8 Å². The Labute approximate surface area is 82.3 Å². The van der Waals surface area contributed by atoms with Crippen molar-refractivity contribution in [3.8, 4) is 0 Å². The molecule has 0 spiro atoms. The van der Waals surface area contributed by atoms with E-state index in [2.05, 4.69) is 0 Å². The van der Waals surface area contributed by atoms with Crippen LogP contribution >= 0.6 is 0 Å². The highest BCUT2D eigenvalue weighted by molar-refractivity contribution is 5.62. The fraction of sp³-hybridized carbons (Fsp3) is 0.889. The van der Waals surface area contributed by atoms with Crippen LogP contribution in [0.1, 0.15) is 13.8 Å². The number of hydrogen-bond acceptors (Lipinski definition) is 5. The molecule has 0 bridgehead atoms. The number of methoxy groups -OCH3 is 1. The predicted molar refractivity (Wildman–Crippen MR) is 46.0 cm³/mol. The summed E-state index contributed by atoms with van der Waals surface area (Å²) in [7, 11) is 1.57. The molecule has 0 aromatic heterocycles. The van der Waals surface area contributed by atoms with E-state index in [0.29, 0.717) is 6.61 Å². The fourth-order valence-corrected chi connectivity index (χ4v) is 1.98. The topological polar surface area (TPSA) is 54.0 Å². The van der Waals surface area contributed by atoms with Crippen LogP contribution in [0.3, 0.4) is 0 Å². The molecule has 0 radical (unpaired) electrons. The van der Waals surface area contributed by atoms with Gasteiger partial charge in [-0.25, -0.2) is 4.79 Å². The minimum absolute atomic E-state index is 0.285. The molecule has 2 saturated heterocycles. The molecular formula is C9H14O5. The number of ether oxygens (including phenoxy) is 4. The first kappa shape index (κ1) is 9.73. The van der Waals surface area contributed by atoms with Gasteiger partial charge in [0.2, 0.25) is 0 Å². The largest absolute Gasteiger partial charge is 0.509 e. The van der Waals surface area contributed by atoms with Gasteiger partial charge in [-0.15, -0.1) is 0 Å². The Balaban J connectivity index is 2.19. The Morgan fingerprint density at radius 2 is 2.14 bits per heavy atom. The van der Waals surface area contributed by atoms with E-state index in [1.54, 1.807) is 7.11 Å². The predicted octanol–water partition coefficient (Wildman–Crippen LogP) is 0.714. The number of hydrogen-bond donors (Lipinski definition) is 0. The van der Waals surface area contributed by atoms with Gasteiger partial charge in [0.25, 0.3) is 0 Å². The standard InChI is InChI=1S/C9H14O5/c1-9(2)7(11-3)6-5(4-12-9)13-8(10)14-6/h5-7H,4H2,1-3H3/t5-,6-,7-/m1/s1. The minimum atomic E-state index is -0.636. The average molecular weight is 202 g/mol. The van der Waals surface area contributed by atoms with Gasteiger partial charge in [-0.05, 0) is 13.8 Å². The lowest BCUT2D eigenvalue weighted by Crippen LogP contribution is -2.57. The minimum Gasteiger partial charge on any atom is -0.424 e. The van der Waals surface area contributed by atoms with Crippen molar-refractivity contribution in [3.63, 3.8) is 0 Å². The fourth-order valence-electron chi connectivity index (χ4n) is 1.98. The van der Waals surface area contributed by atoms with Crippen LogP contribution < -0.4 is 0 Å². The first-order chi connectivity index (χ1) is 6.54. The summed E-state index contributed by atoms with van der Waals surface area (Å²) in [6.45, 7) is 4.18. The third-order valence-corrected chi connectivity index (χ3v) is 2.70. The van der Waals surface area contributed by atoms with E-state index in [4.69, 9.17) is 18.9 Å². The van der Waals surface area contributed by atoms with Crippen LogP contribution in [0.15, 0.2) is 0 Å². The van der Waals surface area contributed by atoms with Crippen LogP contribution in [0.2, 0.25) is 0 Å². The average Bonchev–Trinajstić information content (AvgIpc) is 2.44. The molecule has 2 rings (SSSR count). The SMILES string of the molecule is CO[C@@H]1[C@@H]2OC(=O)O[C@@H]2COC1(C)C. The van der Waals surface area contributed by atoms with Gasteiger partial charge >= 0.3 is 6.16 Å². The normalized spacial score (nSPS) is 39.9. The summed E-state index contributed by atoms with van der Waals surface area (Å²) in [6.07, 6.45) is -1.60. The number of fused-ring (bicyclic) bond motifs is 1. The van der Waals surface area contributed by atoms with Crippen LogP contribution in [0, 0.1) is 0 Å². The number of carbonyl (C=O) groups is 1. The van der Waals surface area contributed by atoms with E-state index in [0.717, 1.165) is 0 Å². The van der Waals surface area contributed by atoms with Crippen LogP contribution in [0.25, 0.3) is 0 Å². The van der Waals surface area contributed by atoms with Crippen molar-refractivity contribution in [1.29, 1.82) is 0 Å². The Bertz CT molecular complexity index is 250. The van der Waals surface area contributed by atoms with E-state index >= 15 is 0 Å². The van der Waals surface area contributed by atoms with Gasteiger partial charge in [0, 0.05) is 7.11 Å². The maximum absolute atomic E-state index is 10.9. The van der Waals surface area contributed by atoms with Crippen LogP contribution in [0.4, 0.5) is 4.79 Å². The summed E-state index contributed by atoms with van der Waals surface area (Å²) in [6, 6.07) is 0. The molecule has 2 aliphatic rings. The summed E-state index contributed by atoms with van der Waals surface area (Å²) in [5.41, 5.74) is -0.454. The van der Waals surface area contributed by atoms with Gasteiger partial charge < -0.3 is 18.9 Å². The van der Waals surface area contributed by atoms with Gasteiger partial charge in [-0.3, -0.25) is 0 Å². The molecule has 2 aliphatic heterocycles. The third-order valence-electron chi connectivity index (χ3n) is 2.70. The van der Waals surface area contributed by atoms with Crippen molar-refractivity contribution < 1.29 is 23.7 Å². The molecule has 14 heavy (non-hydrogen) atoms. The lowest BCUT2D eigenvalue weighted by Gasteiger charge is -2.41. The van der Waals surface area contributed by atoms with Gasteiger partial charge in [0.15, 0.2) is 12.2 Å². The molecular weight excluding hydrogens is 188 g/mol. The molecule has 5 nitrogen and oxygen atoms in total. The molecule has 80 valence electrons. The number of rotatable bonds is 1. The molecule has 2 fully saturated rings. The Morgan fingerprint density at radius 1 is 1.43 bits per heavy atom. The Hall–Kier alpha value is -0.810. The summed E-state index contributed by atoms with van der Waals surface area (Å²) in [5.74, 6) is 0. The third kappa shape index (κ3) is 1.36. The van der Waals surface area contributed by atoms with E-state index in [9.17, 15) is 4.79 Å². The highest BCUT2D eigenvalue weighted by atomic mass is 16.8. The second-order valence-corrected chi connectivity index (χ2v) is 4.06. The molecule has 0 aliphatic carbocycles. The lowest BCUT2D eigenvalue weighted by molar-refractivity contribution is -0.201. The van der Waals surface area contributed by atoms with E-state index in [1.165, 1.54) is 0 Å². The zero-order valence-corrected chi connectivity index (χ0v) is 8.48. The summed E-state index contributed by atoms with van der Waals surface area (Å²) in [4.78, 5) is 10.9. The summed E-state index contributed by atoms with van der Waals surface area (Å²) < 4.78 is 20.8. The Kier molecular flexibility index (Phi) is 2.16. The molecule has 0 saturated carbocycles. The lowest BCUT2D eigenvalue weighted by atomic mass is 9.90. The smallest absolute Gasteiger partial charge is 0.424 e. The molecule has 0 N–H and O–H groups in total. The van der Waals surface area contributed by atoms with Crippen molar-refractivity contribution >= 4 is 6.16 Å². The highest BCUT2D eigenvalue weighted by Crippen LogP contribution is 2.33. The van der Waals surface area contributed by atoms with Gasteiger partial charge in [-0.2, -0.15) is 0 Å². The molecule has 0 aromatic rings. The molecule has 0 aromatic carbocycles. The first-order valence-corrected chi connectivity index (χ1v) is 4.58. The molecule has 0 amide bonds. The zero-order chi connectivity index (χ0) is 10.3.